The van der Waals surface area contributed by atoms with Gasteiger partial charge in [-0.3, -0.25) is 4.79 Å². The minimum atomic E-state index is -0.0668. The van der Waals surface area contributed by atoms with Crippen molar-refractivity contribution in [3.05, 3.63) is 68.4 Å². The van der Waals surface area contributed by atoms with E-state index in [-0.39, 0.29) is 12.2 Å². The van der Waals surface area contributed by atoms with Crippen molar-refractivity contribution in [2.75, 3.05) is 0 Å². The molecule has 112 valence electrons. The molecule has 3 rings (SSSR count). The van der Waals surface area contributed by atoms with Gasteiger partial charge in [-0.15, -0.1) is 0 Å². The first-order chi connectivity index (χ1) is 10.5. The van der Waals surface area contributed by atoms with E-state index in [0.29, 0.717) is 5.39 Å². The maximum absolute atomic E-state index is 12.7. The molecule has 2 aromatic carbocycles. The molecule has 0 atom stereocenters. The average Bonchev–Trinajstić information content (AvgIpc) is 2.53. The number of fused-ring (bicyclic) bond motifs is 1. The topological polar surface area (TPSA) is 42.2 Å². The lowest BCUT2D eigenvalue weighted by Gasteiger charge is -2.16. The number of pyridine rings is 1. The van der Waals surface area contributed by atoms with Gasteiger partial charge in [0.25, 0.3) is 5.56 Å². The molecule has 3 aromatic rings. The Morgan fingerprint density at radius 2 is 1.86 bits per heavy atom. The van der Waals surface area contributed by atoms with Gasteiger partial charge < -0.3 is 9.67 Å². The van der Waals surface area contributed by atoms with Crippen LogP contribution in [0, 0.1) is 6.92 Å². The minimum Gasteiger partial charge on any atom is -0.392 e. The highest BCUT2D eigenvalue weighted by Gasteiger charge is 2.16. The van der Waals surface area contributed by atoms with Crippen molar-refractivity contribution in [1.29, 1.82) is 0 Å². The molecular formula is C18H16BrNO2. The summed E-state index contributed by atoms with van der Waals surface area (Å²) in [5, 5.41) is 11.2. The molecule has 0 bridgehead atoms. The normalized spacial score (nSPS) is 11.1. The highest BCUT2D eigenvalue weighted by molar-refractivity contribution is 9.10. The van der Waals surface area contributed by atoms with Gasteiger partial charge in [-0.25, -0.2) is 0 Å². The molecule has 0 saturated heterocycles. The highest BCUT2D eigenvalue weighted by atomic mass is 79.9. The third kappa shape index (κ3) is 2.28. The molecule has 0 aliphatic carbocycles. The summed E-state index contributed by atoms with van der Waals surface area (Å²) in [5.74, 6) is 0. The molecule has 0 spiro atoms. The third-order valence-electron chi connectivity index (χ3n) is 3.93. The second kappa shape index (κ2) is 5.71. The van der Waals surface area contributed by atoms with Crippen LogP contribution in [0.5, 0.6) is 0 Å². The van der Waals surface area contributed by atoms with Crippen LogP contribution in [0.25, 0.3) is 22.0 Å². The minimum absolute atomic E-state index is 0.0408. The zero-order valence-corrected chi connectivity index (χ0v) is 14.0. The van der Waals surface area contributed by atoms with Crippen molar-refractivity contribution < 1.29 is 5.11 Å². The lowest BCUT2D eigenvalue weighted by molar-refractivity contribution is 0.282. The SMILES string of the molecule is Cc1ccc2c(=O)n(C)c(-c3ccccc3CO)c(Br)c2c1. The van der Waals surface area contributed by atoms with Crippen LogP contribution in [0.3, 0.4) is 0 Å². The zero-order chi connectivity index (χ0) is 15.9. The summed E-state index contributed by atoms with van der Waals surface area (Å²) < 4.78 is 2.50. The van der Waals surface area contributed by atoms with Gasteiger partial charge in [0.05, 0.1) is 12.3 Å². The average molecular weight is 358 g/mol. The Morgan fingerprint density at radius 3 is 2.59 bits per heavy atom. The van der Waals surface area contributed by atoms with Crippen LogP contribution in [0.2, 0.25) is 0 Å². The second-order valence-electron chi connectivity index (χ2n) is 5.39. The Kier molecular flexibility index (Phi) is 3.89. The number of hydrogen-bond acceptors (Lipinski definition) is 2. The molecule has 1 heterocycles. The van der Waals surface area contributed by atoms with Crippen molar-refractivity contribution in [1.82, 2.24) is 4.57 Å². The molecule has 1 N–H and O–H groups in total. The zero-order valence-electron chi connectivity index (χ0n) is 12.4. The number of nitrogens with zero attached hydrogens (tertiary/aromatic N) is 1. The summed E-state index contributed by atoms with van der Waals surface area (Å²) >= 11 is 3.66. The first kappa shape index (κ1) is 15.0. The molecule has 0 aliphatic rings. The lowest BCUT2D eigenvalue weighted by atomic mass is 10.0. The quantitative estimate of drug-likeness (QED) is 0.758. The van der Waals surface area contributed by atoms with Crippen molar-refractivity contribution in [2.24, 2.45) is 7.05 Å². The fourth-order valence-electron chi connectivity index (χ4n) is 2.77. The monoisotopic (exact) mass is 357 g/mol. The van der Waals surface area contributed by atoms with Crippen LogP contribution in [0.1, 0.15) is 11.1 Å². The number of rotatable bonds is 2. The summed E-state index contributed by atoms with van der Waals surface area (Å²) in [7, 11) is 1.76. The number of aliphatic hydroxyl groups excluding tert-OH is 1. The van der Waals surface area contributed by atoms with Crippen molar-refractivity contribution in [3.8, 4) is 11.3 Å². The number of hydrogen-bond donors (Lipinski definition) is 1. The first-order valence-corrected chi connectivity index (χ1v) is 7.82. The van der Waals surface area contributed by atoms with Crippen molar-refractivity contribution in [2.45, 2.75) is 13.5 Å². The second-order valence-corrected chi connectivity index (χ2v) is 6.18. The molecule has 1 aromatic heterocycles. The highest BCUT2D eigenvalue weighted by Crippen LogP contribution is 2.34. The maximum atomic E-state index is 12.7. The lowest BCUT2D eigenvalue weighted by Crippen LogP contribution is -2.19. The van der Waals surface area contributed by atoms with Gasteiger partial charge in [0, 0.05) is 27.9 Å². The maximum Gasteiger partial charge on any atom is 0.258 e. The molecule has 0 unspecified atom stereocenters. The molecule has 22 heavy (non-hydrogen) atoms. The predicted molar refractivity (Wildman–Crippen MR) is 93.0 cm³/mol. The number of halogens is 1. The predicted octanol–water partition coefficient (Wildman–Crippen LogP) is 3.77. The van der Waals surface area contributed by atoms with E-state index in [1.165, 1.54) is 0 Å². The summed E-state index contributed by atoms with van der Waals surface area (Å²) in [6.45, 7) is 1.94. The number of aromatic nitrogens is 1. The fourth-order valence-corrected chi connectivity index (χ4v) is 3.58. The molecule has 0 radical (unpaired) electrons. The van der Waals surface area contributed by atoms with E-state index in [0.717, 1.165) is 32.2 Å². The third-order valence-corrected chi connectivity index (χ3v) is 4.74. The number of aryl methyl sites for hydroxylation is 1. The van der Waals surface area contributed by atoms with Gasteiger partial charge in [0.15, 0.2) is 0 Å². The number of aliphatic hydroxyl groups is 1. The Balaban J connectivity index is 2.47. The fraction of sp³-hybridized carbons (Fsp3) is 0.167. The van der Waals surface area contributed by atoms with E-state index in [2.05, 4.69) is 15.9 Å². The van der Waals surface area contributed by atoms with Crippen LogP contribution in [0.4, 0.5) is 0 Å². The van der Waals surface area contributed by atoms with E-state index in [9.17, 15) is 9.90 Å². The summed E-state index contributed by atoms with van der Waals surface area (Å²) in [4.78, 5) is 12.7. The Labute approximate surface area is 137 Å². The van der Waals surface area contributed by atoms with Crippen LogP contribution in [-0.4, -0.2) is 9.67 Å². The van der Waals surface area contributed by atoms with E-state index in [4.69, 9.17) is 0 Å². The van der Waals surface area contributed by atoms with E-state index in [1.807, 2.05) is 49.4 Å². The molecule has 3 nitrogen and oxygen atoms in total. The first-order valence-electron chi connectivity index (χ1n) is 7.02. The van der Waals surface area contributed by atoms with Gasteiger partial charge in [-0.2, -0.15) is 0 Å². The summed E-state index contributed by atoms with van der Waals surface area (Å²) in [6, 6.07) is 13.4. The largest absolute Gasteiger partial charge is 0.392 e. The summed E-state index contributed by atoms with van der Waals surface area (Å²) in [6.07, 6.45) is 0. The van der Waals surface area contributed by atoms with Gasteiger partial charge >= 0.3 is 0 Å². The molecule has 4 heteroatoms. The molecule has 0 amide bonds. The molecule has 0 aliphatic heterocycles. The van der Waals surface area contributed by atoms with Crippen molar-refractivity contribution in [3.63, 3.8) is 0 Å². The molecule has 0 saturated carbocycles. The van der Waals surface area contributed by atoms with Crippen molar-refractivity contribution >= 4 is 26.7 Å². The Hall–Kier alpha value is -1.91. The van der Waals surface area contributed by atoms with Gasteiger partial charge in [-0.1, -0.05) is 42.0 Å². The summed E-state index contributed by atoms with van der Waals surface area (Å²) in [5.41, 5.74) is 3.50. The van der Waals surface area contributed by atoms with Gasteiger partial charge in [-0.05, 0) is 34.5 Å². The Morgan fingerprint density at radius 1 is 1.14 bits per heavy atom. The van der Waals surface area contributed by atoms with E-state index in [1.54, 1.807) is 11.6 Å². The standard InChI is InChI=1S/C18H16BrNO2/c1-11-7-8-14-15(9-11)16(19)17(20(2)18(14)22)13-6-4-3-5-12(13)10-21/h3-9,21H,10H2,1-2H3. The number of benzene rings is 2. The van der Waals surface area contributed by atoms with Crippen LogP contribution < -0.4 is 5.56 Å². The molecule has 0 fully saturated rings. The van der Waals surface area contributed by atoms with Crippen LogP contribution in [-0.2, 0) is 13.7 Å². The molecular weight excluding hydrogens is 342 g/mol. The van der Waals surface area contributed by atoms with Gasteiger partial charge in [0.2, 0.25) is 0 Å². The van der Waals surface area contributed by atoms with E-state index >= 15 is 0 Å². The van der Waals surface area contributed by atoms with Crippen LogP contribution >= 0.6 is 15.9 Å². The van der Waals surface area contributed by atoms with Crippen LogP contribution in [0.15, 0.2) is 51.7 Å². The van der Waals surface area contributed by atoms with Gasteiger partial charge in [0.1, 0.15) is 0 Å². The Bertz CT molecular complexity index is 928. The smallest absolute Gasteiger partial charge is 0.258 e. The van der Waals surface area contributed by atoms with E-state index < -0.39 is 0 Å².